The minimum Gasteiger partial charge on any atom is -0.305 e. The smallest absolute Gasteiger partial charge is 0.0104 e. The van der Waals surface area contributed by atoms with Gasteiger partial charge in [-0.05, 0) is 49.3 Å². The summed E-state index contributed by atoms with van der Waals surface area (Å²) < 4.78 is 0. The van der Waals surface area contributed by atoms with E-state index in [0.29, 0.717) is 0 Å². The molecule has 94 valence electrons. The number of thioether (sulfide) groups is 1. The van der Waals surface area contributed by atoms with Crippen LogP contribution in [0.4, 0.5) is 0 Å². The zero-order valence-corrected chi connectivity index (χ0v) is 12.2. The maximum atomic E-state index is 4.26. The van der Waals surface area contributed by atoms with Crippen molar-refractivity contribution in [1.82, 2.24) is 4.90 Å². The second-order valence-corrected chi connectivity index (χ2v) is 6.25. The molecule has 3 heteroatoms. The molecular weight excluding hydrogens is 246 g/mol. The molecule has 1 aromatic rings. The monoisotopic (exact) mass is 267 g/mol. The van der Waals surface area contributed by atoms with E-state index in [1.165, 1.54) is 29.1 Å². The summed E-state index contributed by atoms with van der Waals surface area (Å²) >= 11 is 6.27. The van der Waals surface area contributed by atoms with Crippen molar-refractivity contribution in [3.05, 3.63) is 29.3 Å². The van der Waals surface area contributed by atoms with Crippen LogP contribution in [0.15, 0.2) is 23.1 Å². The highest BCUT2D eigenvalue weighted by molar-refractivity contribution is 7.99. The molecule has 0 amide bonds. The van der Waals surface area contributed by atoms with E-state index >= 15 is 0 Å². The molecule has 1 aliphatic heterocycles. The van der Waals surface area contributed by atoms with Gasteiger partial charge in [-0.1, -0.05) is 12.1 Å². The van der Waals surface area contributed by atoms with Gasteiger partial charge in [-0.3, -0.25) is 0 Å². The average molecular weight is 267 g/mol. The van der Waals surface area contributed by atoms with Crippen molar-refractivity contribution < 1.29 is 0 Å². The largest absolute Gasteiger partial charge is 0.305 e. The van der Waals surface area contributed by atoms with Crippen molar-refractivity contribution in [2.45, 2.75) is 24.2 Å². The van der Waals surface area contributed by atoms with Crippen LogP contribution < -0.4 is 0 Å². The first kappa shape index (κ1) is 13.3. The van der Waals surface area contributed by atoms with Crippen LogP contribution in [0.25, 0.3) is 0 Å². The van der Waals surface area contributed by atoms with E-state index in [0.717, 1.165) is 25.3 Å². The number of benzene rings is 1. The van der Waals surface area contributed by atoms with E-state index in [-0.39, 0.29) is 0 Å². The second-order valence-electron chi connectivity index (χ2n) is 4.67. The van der Waals surface area contributed by atoms with Crippen molar-refractivity contribution in [3.8, 4) is 0 Å². The molecule has 17 heavy (non-hydrogen) atoms. The molecule has 0 N–H and O–H groups in total. The highest BCUT2D eigenvalue weighted by Gasteiger charge is 2.10. The number of thiol groups is 1. The molecule has 2 rings (SSSR count). The molecule has 1 heterocycles. The molecule has 1 aliphatic rings. The van der Waals surface area contributed by atoms with Gasteiger partial charge in [0.2, 0.25) is 0 Å². The summed E-state index contributed by atoms with van der Waals surface area (Å²) in [6.07, 6.45) is 3.76. The first-order valence-electron chi connectivity index (χ1n) is 6.33. The van der Waals surface area contributed by atoms with Gasteiger partial charge in [0.25, 0.3) is 0 Å². The molecule has 1 aromatic carbocycles. The van der Waals surface area contributed by atoms with Crippen LogP contribution >= 0.6 is 24.4 Å². The van der Waals surface area contributed by atoms with Crippen LogP contribution in [0.2, 0.25) is 0 Å². The SMILES string of the molecule is CN(CCS)CCc1ccc2c(c1)CCCS2. The summed E-state index contributed by atoms with van der Waals surface area (Å²) in [4.78, 5) is 3.85. The molecule has 0 atom stereocenters. The highest BCUT2D eigenvalue weighted by Crippen LogP contribution is 2.30. The average Bonchev–Trinajstić information content (AvgIpc) is 2.36. The Kier molecular flexibility index (Phi) is 5.26. The van der Waals surface area contributed by atoms with E-state index in [4.69, 9.17) is 0 Å². The molecule has 0 radical (unpaired) electrons. The molecule has 0 bridgehead atoms. The van der Waals surface area contributed by atoms with Gasteiger partial charge in [-0.25, -0.2) is 0 Å². The number of hydrogen-bond donors (Lipinski definition) is 1. The first-order valence-corrected chi connectivity index (χ1v) is 7.95. The first-order chi connectivity index (χ1) is 8.29. The van der Waals surface area contributed by atoms with Crippen molar-refractivity contribution in [2.75, 3.05) is 31.6 Å². The Hall–Kier alpha value is -0.120. The zero-order chi connectivity index (χ0) is 12.1. The number of rotatable bonds is 5. The highest BCUT2D eigenvalue weighted by atomic mass is 32.2. The standard InChI is InChI=1S/C14H21NS2/c1-15(8-9-16)7-6-12-4-5-14-13(11-12)3-2-10-17-14/h4-5,11,16H,2-3,6-10H2,1H3. The number of likely N-dealkylation sites (N-methyl/N-ethyl adjacent to an activating group) is 1. The fourth-order valence-corrected chi connectivity index (χ4v) is 3.53. The molecule has 0 fully saturated rings. The van der Waals surface area contributed by atoms with Gasteiger partial charge in [0, 0.05) is 23.7 Å². The third-order valence-electron chi connectivity index (χ3n) is 3.24. The van der Waals surface area contributed by atoms with E-state index in [2.05, 4.69) is 42.8 Å². The Morgan fingerprint density at radius 3 is 3.06 bits per heavy atom. The minimum atomic E-state index is 0.942. The van der Waals surface area contributed by atoms with Gasteiger partial charge in [-0.2, -0.15) is 12.6 Å². The van der Waals surface area contributed by atoms with E-state index in [1.54, 1.807) is 5.56 Å². The number of fused-ring (bicyclic) bond motifs is 1. The van der Waals surface area contributed by atoms with E-state index in [1.807, 2.05) is 11.8 Å². The fraction of sp³-hybridized carbons (Fsp3) is 0.571. The van der Waals surface area contributed by atoms with Gasteiger partial charge in [0.05, 0.1) is 0 Å². The molecule has 1 nitrogen and oxygen atoms in total. The second kappa shape index (κ2) is 6.72. The number of aryl methyl sites for hydroxylation is 1. The predicted octanol–water partition coefficient (Wildman–Crippen LogP) is 3.13. The van der Waals surface area contributed by atoms with Gasteiger partial charge >= 0.3 is 0 Å². The quantitative estimate of drug-likeness (QED) is 0.817. The van der Waals surface area contributed by atoms with Gasteiger partial charge in [-0.15, -0.1) is 11.8 Å². The lowest BCUT2D eigenvalue weighted by atomic mass is 10.0. The normalized spacial score (nSPS) is 15.0. The van der Waals surface area contributed by atoms with E-state index in [9.17, 15) is 0 Å². The number of hydrogen-bond acceptors (Lipinski definition) is 3. The summed E-state index contributed by atoms with van der Waals surface area (Å²) in [5, 5.41) is 0. The summed E-state index contributed by atoms with van der Waals surface area (Å²) in [6, 6.07) is 7.02. The van der Waals surface area contributed by atoms with Gasteiger partial charge in [0.1, 0.15) is 0 Å². The maximum Gasteiger partial charge on any atom is 0.0104 e. The van der Waals surface area contributed by atoms with Crippen LogP contribution in [-0.2, 0) is 12.8 Å². The predicted molar refractivity (Wildman–Crippen MR) is 80.5 cm³/mol. The summed E-state index contributed by atoms with van der Waals surface area (Å²) in [5.41, 5.74) is 3.05. The summed E-state index contributed by atoms with van der Waals surface area (Å²) in [7, 11) is 2.17. The fourth-order valence-electron chi connectivity index (χ4n) is 2.17. The zero-order valence-electron chi connectivity index (χ0n) is 10.5. The van der Waals surface area contributed by atoms with Crippen molar-refractivity contribution in [1.29, 1.82) is 0 Å². The Morgan fingerprint density at radius 2 is 2.24 bits per heavy atom. The number of nitrogens with zero attached hydrogens (tertiary/aromatic N) is 1. The molecule has 0 spiro atoms. The summed E-state index contributed by atoms with van der Waals surface area (Å²) in [6.45, 7) is 2.20. The van der Waals surface area contributed by atoms with Crippen LogP contribution in [0.3, 0.4) is 0 Å². The maximum absolute atomic E-state index is 4.26. The van der Waals surface area contributed by atoms with Crippen LogP contribution in [-0.4, -0.2) is 36.5 Å². The Bertz CT molecular complexity index is 365. The molecular formula is C14H21NS2. The lowest BCUT2D eigenvalue weighted by molar-refractivity contribution is 0.361. The topological polar surface area (TPSA) is 3.24 Å². The van der Waals surface area contributed by atoms with Crippen molar-refractivity contribution in [2.24, 2.45) is 0 Å². The van der Waals surface area contributed by atoms with E-state index < -0.39 is 0 Å². The molecule has 0 saturated carbocycles. The third kappa shape index (κ3) is 3.94. The lowest BCUT2D eigenvalue weighted by Gasteiger charge is -2.18. The Morgan fingerprint density at radius 1 is 1.35 bits per heavy atom. The van der Waals surface area contributed by atoms with Gasteiger partial charge < -0.3 is 4.90 Å². The summed E-state index contributed by atoms with van der Waals surface area (Å²) in [5.74, 6) is 2.23. The molecule has 0 aliphatic carbocycles. The van der Waals surface area contributed by atoms with Crippen LogP contribution in [0.5, 0.6) is 0 Å². The molecule has 0 aromatic heterocycles. The Labute approximate surface area is 114 Å². The molecule has 0 saturated heterocycles. The van der Waals surface area contributed by atoms with Crippen LogP contribution in [0, 0.1) is 0 Å². The van der Waals surface area contributed by atoms with Gasteiger partial charge in [0.15, 0.2) is 0 Å². The molecule has 0 unspecified atom stereocenters. The van der Waals surface area contributed by atoms with Crippen molar-refractivity contribution >= 4 is 24.4 Å². The van der Waals surface area contributed by atoms with Crippen LogP contribution in [0.1, 0.15) is 17.5 Å². The Balaban J connectivity index is 1.93. The minimum absolute atomic E-state index is 0.942. The van der Waals surface area contributed by atoms with Crippen molar-refractivity contribution in [3.63, 3.8) is 0 Å². The lowest BCUT2D eigenvalue weighted by Crippen LogP contribution is -2.23. The third-order valence-corrected chi connectivity index (χ3v) is 4.64.